The third-order valence-corrected chi connectivity index (χ3v) is 4.20. The fourth-order valence-electron chi connectivity index (χ4n) is 2.86. The minimum absolute atomic E-state index is 0.374. The second-order valence-corrected chi connectivity index (χ2v) is 6.04. The van der Waals surface area contributed by atoms with Crippen LogP contribution in [0.4, 0.5) is 0 Å². The summed E-state index contributed by atoms with van der Waals surface area (Å²) < 4.78 is 0. The van der Waals surface area contributed by atoms with Gasteiger partial charge in [-0.05, 0) is 52.0 Å². The van der Waals surface area contributed by atoms with Crippen LogP contribution in [0, 0.1) is 13.8 Å². The third kappa shape index (κ3) is 3.56. The fourth-order valence-corrected chi connectivity index (χ4v) is 2.86. The molecule has 1 aromatic rings. The molecular weight excluding hydrogens is 236 g/mol. The lowest BCUT2D eigenvalue weighted by Gasteiger charge is -2.23. The van der Waals surface area contributed by atoms with Crippen LogP contribution in [-0.2, 0) is 0 Å². The first-order chi connectivity index (χ1) is 8.97. The Bertz CT molecular complexity index is 431. The molecule has 1 fully saturated rings. The molecule has 2 atom stereocenters. The maximum atomic E-state index is 10.5. The van der Waals surface area contributed by atoms with Crippen molar-refractivity contribution >= 4 is 0 Å². The number of aryl methyl sites for hydroxylation is 2. The van der Waals surface area contributed by atoms with Crippen molar-refractivity contribution in [3.8, 4) is 0 Å². The Morgan fingerprint density at radius 3 is 2.74 bits per heavy atom. The third-order valence-electron chi connectivity index (χ3n) is 4.20. The first-order valence-corrected chi connectivity index (χ1v) is 7.11. The van der Waals surface area contributed by atoms with Gasteiger partial charge in [-0.2, -0.15) is 0 Å². The molecule has 0 amide bonds. The molecule has 2 rings (SSSR count). The van der Waals surface area contributed by atoms with Crippen LogP contribution in [-0.4, -0.2) is 54.7 Å². The van der Waals surface area contributed by atoms with E-state index in [0.29, 0.717) is 6.04 Å². The first kappa shape index (κ1) is 14.5. The summed E-state index contributed by atoms with van der Waals surface area (Å²) in [5.41, 5.74) is 3.47. The van der Waals surface area contributed by atoms with E-state index < -0.39 is 0 Å². The Balaban J connectivity index is 1.98. The van der Waals surface area contributed by atoms with E-state index in [9.17, 15) is 5.11 Å². The van der Waals surface area contributed by atoms with Crippen LogP contribution < -0.4 is 0 Å². The largest absolute Gasteiger partial charge is 0.387 e. The van der Waals surface area contributed by atoms with Gasteiger partial charge in [-0.25, -0.2) is 0 Å². The molecule has 1 N–H and O–H groups in total. The van der Waals surface area contributed by atoms with Gasteiger partial charge in [0.15, 0.2) is 0 Å². The average Bonchev–Trinajstić information content (AvgIpc) is 2.80. The summed E-state index contributed by atoms with van der Waals surface area (Å²) in [4.78, 5) is 4.65. The van der Waals surface area contributed by atoms with Crippen LogP contribution in [0.3, 0.4) is 0 Å². The lowest BCUT2D eigenvalue weighted by atomic mass is 10.0. The maximum absolute atomic E-state index is 10.5. The second-order valence-electron chi connectivity index (χ2n) is 6.04. The Hall–Kier alpha value is -0.900. The summed E-state index contributed by atoms with van der Waals surface area (Å²) in [7, 11) is 4.27. The smallest absolute Gasteiger partial charge is 0.0919 e. The van der Waals surface area contributed by atoms with E-state index in [1.165, 1.54) is 17.5 Å². The number of aliphatic hydroxyl groups excluding tert-OH is 1. The van der Waals surface area contributed by atoms with Crippen LogP contribution in [0.1, 0.15) is 29.2 Å². The highest BCUT2D eigenvalue weighted by Gasteiger charge is 2.26. The number of hydrogen-bond donors (Lipinski definition) is 1. The van der Waals surface area contributed by atoms with Gasteiger partial charge in [-0.3, -0.25) is 4.90 Å². The Labute approximate surface area is 116 Å². The van der Waals surface area contributed by atoms with E-state index in [2.05, 4.69) is 55.9 Å². The van der Waals surface area contributed by atoms with Crippen molar-refractivity contribution in [1.29, 1.82) is 0 Å². The number of likely N-dealkylation sites (N-methyl/N-ethyl adjacent to an activating group) is 1. The van der Waals surface area contributed by atoms with Crippen molar-refractivity contribution in [3.63, 3.8) is 0 Å². The molecule has 0 aromatic heterocycles. The van der Waals surface area contributed by atoms with Crippen LogP contribution >= 0.6 is 0 Å². The van der Waals surface area contributed by atoms with Gasteiger partial charge in [0.25, 0.3) is 0 Å². The van der Waals surface area contributed by atoms with Crippen LogP contribution in [0.2, 0.25) is 0 Å². The molecule has 3 nitrogen and oxygen atoms in total. The molecule has 1 aliphatic heterocycles. The van der Waals surface area contributed by atoms with Gasteiger partial charge in [0.05, 0.1) is 6.10 Å². The van der Waals surface area contributed by atoms with E-state index >= 15 is 0 Å². The SMILES string of the molecule is Cc1ccc(C)c(C(O)CN2CCC(N(C)C)C2)c1. The number of β-amino-alcohol motifs (C(OH)–C–C–N with tert-alkyl or cyclic N) is 1. The minimum atomic E-state index is -0.374. The zero-order valence-corrected chi connectivity index (χ0v) is 12.6. The number of benzene rings is 1. The monoisotopic (exact) mass is 262 g/mol. The minimum Gasteiger partial charge on any atom is -0.387 e. The van der Waals surface area contributed by atoms with Crippen LogP contribution in [0.5, 0.6) is 0 Å². The highest BCUT2D eigenvalue weighted by Crippen LogP contribution is 2.22. The molecule has 3 heteroatoms. The van der Waals surface area contributed by atoms with E-state index in [-0.39, 0.29) is 6.10 Å². The van der Waals surface area contributed by atoms with Crippen molar-refractivity contribution in [2.75, 3.05) is 33.7 Å². The second kappa shape index (κ2) is 6.04. The maximum Gasteiger partial charge on any atom is 0.0919 e. The van der Waals surface area contributed by atoms with Crippen LogP contribution in [0.15, 0.2) is 18.2 Å². The summed E-state index contributed by atoms with van der Waals surface area (Å²) in [6.07, 6.45) is 0.827. The molecule has 1 saturated heterocycles. The summed E-state index contributed by atoms with van der Waals surface area (Å²) in [5, 5.41) is 10.5. The zero-order chi connectivity index (χ0) is 14.0. The number of rotatable bonds is 4. The van der Waals surface area contributed by atoms with Gasteiger partial charge in [0.2, 0.25) is 0 Å². The molecule has 19 heavy (non-hydrogen) atoms. The van der Waals surface area contributed by atoms with Crippen molar-refractivity contribution in [2.24, 2.45) is 0 Å². The molecule has 2 unspecified atom stereocenters. The fraction of sp³-hybridized carbons (Fsp3) is 0.625. The number of nitrogens with zero attached hydrogens (tertiary/aromatic N) is 2. The topological polar surface area (TPSA) is 26.7 Å². The van der Waals surface area contributed by atoms with Crippen molar-refractivity contribution in [3.05, 3.63) is 34.9 Å². The van der Waals surface area contributed by atoms with Crippen molar-refractivity contribution in [1.82, 2.24) is 9.80 Å². The first-order valence-electron chi connectivity index (χ1n) is 7.11. The predicted molar refractivity (Wildman–Crippen MR) is 79.4 cm³/mol. The molecule has 1 heterocycles. The number of aliphatic hydroxyl groups is 1. The Morgan fingerprint density at radius 2 is 2.11 bits per heavy atom. The molecule has 0 radical (unpaired) electrons. The van der Waals surface area contributed by atoms with E-state index in [1.807, 2.05) is 0 Å². The summed E-state index contributed by atoms with van der Waals surface area (Å²) in [5.74, 6) is 0. The molecule has 1 aliphatic rings. The summed E-state index contributed by atoms with van der Waals surface area (Å²) in [6, 6.07) is 6.94. The van der Waals surface area contributed by atoms with Gasteiger partial charge >= 0.3 is 0 Å². The van der Waals surface area contributed by atoms with E-state index in [4.69, 9.17) is 0 Å². The molecular formula is C16H26N2O. The normalized spacial score (nSPS) is 22.1. The quantitative estimate of drug-likeness (QED) is 0.899. The van der Waals surface area contributed by atoms with E-state index in [1.54, 1.807) is 0 Å². The predicted octanol–water partition coefficient (Wildman–Crippen LogP) is 1.97. The van der Waals surface area contributed by atoms with Gasteiger partial charge < -0.3 is 10.0 Å². The van der Waals surface area contributed by atoms with Gasteiger partial charge in [0.1, 0.15) is 0 Å². The molecule has 0 spiro atoms. The molecule has 0 bridgehead atoms. The number of likely N-dealkylation sites (tertiary alicyclic amines) is 1. The van der Waals surface area contributed by atoms with Gasteiger partial charge in [-0.1, -0.05) is 23.8 Å². The molecule has 1 aromatic carbocycles. The summed E-state index contributed by atoms with van der Waals surface area (Å²) in [6.45, 7) is 7.05. The zero-order valence-electron chi connectivity index (χ0n) is 12.6. The van der Waals surface area contributed by atoms with Crippen LogP contribution in [0.25, 0.3) is 0 Å². The van der Waals surface area contributed by atoms with Crippen molar-refractivity contribution < 1.29 is 5.11 Å². The molecule has 106 valence electrons. The van der Waals surface area contributed by atoms with E-state index in [0.717, 1.165) is 25.2 Å². The average molecular weight is 262 g/mol. The molecule has 0 saturated carbocycles. The highest BCUT2D eigenvalue weighted by molar-refractivity contribution is 5.32. The van der Waals surface area contributed by atoms with Gasteiger partial charge in [0, 0.05) is 19.1 Å². The lowest BCUT2D eigenvalue weighted by Crippen LogP contribution is -2.33. The lowest BCUT2D eigenvalue weighted by molar-refractivity contribution is 0.121. The molecule has 0 aliphatic carbocycles. The number of hydrogen-bond acceptors (Lipinski definition) is 3. The summed E-state index contributed by atoms with van der Waals surface area (Å²) >= 11 is 0. The standard InChI is InChI=1S/C16H26N2O/c1-12-5-6-13(2)15(9-12)16(19)11-18-8-7-14(10-18)17(3)4/h5-6,9,14,16,19H,7-8,10-11H2,1-4H3. The highest BCUT2D eigenvalue weighted by atomic mass is 16.3. The Morgan fingerprint density at radius 1 is 1.37 bits per heavy atom. The Kier molecular flexibility index (Phi) is 4.61. The van der Waals surface area contributed by atoms with Crippen molar-refractivity contribution in [2.45, 2.75) is 32.4 Å². The van der Waals surface area contributed by atoms with Gasteiger partial charge in [-0.15, -0.1) is 0 Å².